The standard InChI is InChI=1S/C29H33FN6O3S/c30-23-8-5-6-21(18-23)13-15-33-28-26(11-12-27(35-28)25-10-2-1-7-22(25)19-32)29(37)34-20-24-9-3-4-16-36(24)40(38,39)17-14-31/h1-2,5-8,10-12,18,24H,3-4,9,13-17,20,31H2,(H,33,35)(H,34,37)/t24-/m1/s1. The maximum atomic E-state index is 13.6. The number of carbonyl (C=O) groups is 1. The lowest BCUT2D eigenvalue weighted by molar-refractivity contribution is 0.0940. The third-order valence-corrected chi connectivity index (χ3v) is 8.81. The Morgan fingerprint density at radius 3 is 2.75 bits per heavy atom. The number of pyridine rings is 1. The van der Waals surface area contributed by atoms with E-state index in [0.717, 1.165) is 18.4 Å². The van der Waals surface area contributed by atoms with Gasteiger partial charge in [-0.3, -0.25) is 4.79 Å². The number of aromatic nitrogens is 1. The van der Waals surface area contributed by atoms with E-state index >= 15 is 0 Å². The zero-order valence-electron chi connectivity index (χ0n) is 22.1. The van der Waals surface area contributed by atoms with Gasteiger partial charge in [-0.05, 0) is 55.2 Å². The smallest absolute Gasteiger partial charge is 0.255 e. The molecule has 0 bridgehead atoms. The summed E-state index contributed by atoms with van der Waals surface area (Å²) in [4.78, 5) is 18.0. The minimum Gasteiger partial charge on any atom is -0.369 e. The molecule has 1 aliphatic rings. The van der Waals surface area contributed by atoms with Gasteiger partial charge >= 0.3 is 0 Å². The fraction of sp³-hybridized carbons (Fsp3) is 0.345. The number of benzene rings is 2. The van der Waals surface area contributed by atoms with Crippen LogP contribution in [0.4, 0.5) is 10.2 Å². The van der Waals surface area contributed by atoms with Crippen LogP contribution in [0.15, 0.2) is 60.7 Å². The second-order valence-corrected chi connectivity index (χ2v) is 11.7. The molecule has 0 spiro atoms. The van der Waals surface area contributed by atoms with Crippen LogP contribution >= 0.6 is 0 Å². The molecule has 40 heavy (non-hydrogen) atoms. The first-order valence-corrected chi connectivity index (χ1v) is 14.9. The van der Waals surface area contributed by atoms with Crippen molar-refractivity contribution in [3.63, 3.8) is 0 Å². The van der Waals surface area contributed by atoms with Crippen LogP contribution in [-0.4, -0.2) is 61.6 Å². The van der Waals surface area contributed by atoms with Gasteiger partial charge in [0.1, 0.15) is 11.6 Å². The Balaban J connectivity index is 1.55. The number of hydrogen-bond donors (Lipinski definition) is 3. The second-order valence-electron chi connectivity index (χ2n) is 9.63. The molecule has 1 atom stereocenters. The monoisotopic (exact) mass is 564 g/mol. The SMILES string of the molecule is N#Cc1ccccc1-c1ccc(C(=O)NC[C@H]2CCCCN2S(=O)(=O)CCN)c(NCCc2cccc(F)c2)n1. The average molecular weight is 565 g/mol. The highest BCUT2D eigenvalue weighted by molar-refractivity contribution is 7.89. The van der Waals surface area contributed by atoms with Gasteiger partial charge in [0, 0.05) is 37.8 Å². The van der Waals surface area contributed by atoms with Gasteiger partial charge in [0.05, 0.1) is 28.6 Å². The van der Waals surface area contributed by atoms with Crippen molar-refractivity contribution in [3.8, 4) is 17.3 Å². The van der Waals surface area contributed by atoms with Crippen molar-refractivity contribution in [2.24, 2.45) is 5.73 Å². The van der Waals surface area contributed by atoms with Crippen molar-refractivity contribution in [1.82, 2.24) is 14.6 Å². The lowest BCUT2D eigenvalue weighted by Gasteiger charge is -2.34. The number of amides is 1. The summed E-state index contributed by atoms with van der Waals surface area (Å²) in [6, 6.07) is 18.5. The van der Waals surface area contributed by atoms with E-state index in [0.29, 0.717) is 48.6 Å². The minimum absolute atomic E-state index is 0.0372. The first kappa shape index (κ1) is 29.1. The Hall–Kier alpha value is -3.85. The van der Waals surface area contributed by atoms with Crippen molar-refractivity contribution < 1.29 is 17.6 Å². The summed E-state index contributed by atoms with van der Waals surface area (Å²) in [5, 5.41) is 15.6. The normalized spacial score (nSPS) is 15.8. The number of nitrogens with one attached hydrogen (secondary N) is 2. The Labute approximate surface area is 234 Å². The van der Waals surface area contributed by atoms with Gasteiger partial charge in [-0.25, -0.2) is 17.8 Å². The van der Waals surface area contributed by atoms with Gasteiger partial charge in [0.25, 0.3) is 5.91 Å². The van der Waals surface area contributed by atoms with Gasteiger partial charge in [-0.2, -0.15) is 9.57 Å². The lowest BCUT2D eigenvalue weighted by atomic mass is 10.0. The summed E-state index contributed by atoms with van der Waals surface area (Å²) in [5.74, 6) is -0.541. The highest BCUT2D eigenvalue weighted by atomic mass is 32.2. The zero-order valence-corrected chi connectivity index (χ0v) is 23.0. The summed E-state index contributed by atoms with van der Waals surface area (Å²) in [6.45, 7) is 0.984. The fourth-order valence-electron chi connectivity index (χ4n) is 4.86. The summed E-state index contributed by atoms with van der Waals surface area (Å²) in [5.41, 5.74) is 8.19. The van der Waals surface area contributed by atoms with E-state index in [1.54, 1.807) is 36.4 Å². The molecule has 1 aliphatic heterocycles. The van der Waals surface area contributed by atoms with E-state index in [9.17, 15) is 22.9 Å². The van der Waals surface area contributed by atoms with Crippen LogP contribution in [0.3, 0.4) is 0 Å². The van der Waals surface area contributed by atoms with Gasteiger partial charge in [0.2, 0.25) is 10.0 Å². The summed E-state index contributed by atoms with van der Waals surface area (Å²) in [7, 11) is -3.51. The van der Waals surface area contributed by atoms with Crippen molar-refractivity contribution >= 4 is 21.7 Å². The molecule has 210 valence electrons. The minimum atomic E-state index is -3.51. The number of hydrogen-bond acceptors (Lipinski definition) is 7. The molecular formula is C29H33FN6O3S. The van der Waals surface area contributed by atoms with Gasteiger partial charge in [0.15, 0.2) is 0 Å². The van der Waals surface area contributed by atoms with E-state index in [2.05, 4.69) is 21.7 Å². The number of nitrogens with zero attached hydrogens (tertiary/aromatic N) is 3. The molecule has 3 aromatic rings. The molecule has 2 heterocycles. The van der Waals surface area contributed by atoms with E-state index in [-0.39, 0.29) is 36.3 Å². The zero-order chi connectivity index (χ0) is 28.5. The van der Waals surface area contributed by atoms with Gasteiger partial charge < -0.3 is 16.4 Å². The number of nitriles is 1. The average Bonchev–Trinajstić information content (AvgIpc) is 2.96. The molecule has 0 saturated carbocycles. The van der Waals surface area contributed by atoms with Crippen LogP contribution < -0.4 is 16.4 Å². The molecule has 1 amide bonds. The fourth-order valence-corrected chi connectivity index (χ4v) is 6.44. The third kappa shape index (κ3) is 7.21. The molecule has 4 rings (SSSR count). The first-order chi connectivity index (χ1) is 19.3. The lowest BCUT2D eigenvalue weighted by Crippen LogP contribution is -2.50. The number of carbonyl (C=O) groups excluding carboxylic acids is 1. The molecule has 1 fully saturated rings. The Bertz CT molecular complexity index is 1490. The predicted molar refractivity (Wildman–Crippen MR) is 153 cm³/mol. The molecule has 0 aliphatic carbocycles. The number of piperidine rings is 1. The molecule has 2 aromatic carbocycles. The number of anilines is 1. The second kappa shape index (κ2) is 13.5. The molecule has 4 N–H and O–H groups in total. The third-order valence-electron chi connectivity index (χ3n) is 6.86. The molecule has 9 nitrogen and oxygen atoms in total. The van der Waals surface area contributed by atoms with Crippen molar-refractivity contribution in [3.05, 3.63) is 83.2 Å². The molecule has 0 radical (unpaired) electrons. The highest BCUT2D eigenvalue weighted by Crippen LogP contribution is 2.26. The van der Waals surface area contributed by atoms with Crippen LogP contribution in [0.5, 0.6) is 0 Å². The topological polar surface area (TPSA) is 141 Å². The van der Waals surface area contributed by atoms with E-state index in [4.69, 9.17) is 5.73 Å². The number of halogens is 1. The largest absolute Gasteiger partial charge is 0.369 e. The Morgan fingerprint density at radius 2 is 1.98 bits per heavy atom. The van der Waals surface area contributed by atoms with E-state index < -0.39 is 15.9 Å². The molecular weight excluding hydrogens is 531 g/mol. The number of sulfonamides is 1. The van der Waals surface area contributed by atoms with Crippen LogP contribution in [-0.2, 0) is 16.4 Å². The number of rotatable bonds is 11. The van der Waals surface area contributed by atoms with Crippen molar-refractivity contribution in [2.75, 3.05) is 37.2 Å². The maximum absolute atomic E-state index is 13.6. The highest BCUT2D eigenvalue weighted by Gasteiger charge is 2.32. The summed E-state index contributed by atoms with van der Waals surface area (Å²) >= 11 is 0. The molecule has 1 saturated heterocycles. The Kier molecular flexibility index (Phi) is 9.82. The summed E-state index contributed by atoms with van der Waals surface area (Å²) < 4.78 is 40.5. The van der Waals surface area contributed by atoms with Crippen LogP contribution in [0, 0.1) is 17.1 Å². The molecule has 0 unspecified atom stereocenters. The molecule has 11 heteroatoms. The first-order valence-electron chi connectivity index (χ1n) is 13.3. The van der Waals surface area contributed by atoms with Gasteiger partial charge in [-0.1, -0.05) is 36.8 Å². The van der Waals surface area contributed by atoms with E-state index in [1.807, 2.05) is 12.1 Å². The Morgan fingerprint density at radius 1 is 1.15 bits per heavy atom. The van der Waals surface area contributed by atoms with Crippen LogP contribution in [0.1, 0.15) is 40.7 Å². The van der Waals surface area contributed by atoms with Gasteiger partial charge in [-0.15, -0.1) is 0 Å². The predicted octanol–water partition coefficient (Wildman–Crippen LogP) is 3.29. The van der Waals surface area contributed by atoms with Crippen LogP contribution in [0.2, 0.25) is 0 Å². The van der Waals surface area contributed by atoms with Crippen molar-refractivity contribution in [1.29, 1.82) is 5.26 Å². The van der Waals surface area contributed by atoms with E-state index in [1.165, 1.54) is 16.4 Å². The number of nitrogens with two attached hydrogens (primary N) is 1. The quantitative estimate of drug-likeness (QED) is 0.325. The maximum Gasteiger partial charge on any atom is 0.255 e. The summed E-state index contributed by atoms with van der Waals surface area (Å²) in [6.07, 6.45) is 2.78. The van der Waals surface area contributed by atoms with Crippen LogP contribution in [0.25, 0.3) is 11.3 Å². The van der Waals surface area contributed by atoms with Crippen molar-refractivity contribution in [2.45, 2.75) is 31.7 Å². The molecule has 1 aromatic heterocycles.